The van der Waals surface area contributed by atoms with Gasteiger partial charge in [0.25, 0.3) is 0 Å². The van der Waals surface area contributed by atoms with Crippen molar-refractivity contribution in [2.75, 3.05) is 13.7 Å². The van der Waals surface area contributed by atoms with Crippen LogP contribution in [-0.2, 0) is 16.0 Å². The smallest absolute Gasteiger partial charge is 0.305 e. The van der Waals surface area contributed by atoms with E-state index in [2.05, 4.69) is 0 Å². The molecule has 0 heterocycles. The molecule has 0 aromatic heterocycles. The second-order valence-electron chi connectivity index (χ2n) is 4.05. The average Bonchev–Trinajstić information content (AvgIpc) is 2.38. The molecule has 1 unspecified atom stereocenters. The van der Waals surface area contributed by atoms with Crippen LogP contribution in [0.3, 0.4) is 0 Å². The van der Waals surface area contributed by atoms with Crippen molar-refractivity contribution < 1.29 is 19.4 Å². The molecule has 18 heavy (non-hydrogen) atoms. The van der Waals surface area contributed by atoms with Gasteiger partial charge in [0.15, 0.2) is 0 Å². The Kier molecular flexibility index (Phi) is 6.22. The molecular weight excluding hydrogens is 232 g/mol. The topological polar surface area (TPSA) is 55.8 Å². The lowest BCUT2D eigenvalue weighted by molar-refractivity contribution is -0.143. The van der Waals surface area contributed by atoms with Gasteiger partial charge < -0.3 is 14.6 Å². The van der Waals surface area contributed by atoms with Crippen LogP contribution in [0.5, 0.6) is 5.75 Å². The highest BCUT2D eigenvalue weighted by Crippen LogP contribution is 2.14. The van der Waals surface area contributed by atoms with E-state index in [4.69, 9.17) is 9.47 Å². The fourth-order valence-electron chi connectivity index (χ4n) is 1.65. The van der Waals surface area contributed by atoms with E-state index in [-0.39, 0.29) is 12.4 Å². The summed E-state index contributed by atoms with van der Waals surface area (Å²) in [6.07, 6.45) is 0.683. The van der Waals surface area contributed by atoms with Gasteiger partial charge in [0.2, 0.25) is 0 Å². The summed E-state index contributed by atoms with van der Waals surface area (Å²) in [5.74, 6) is 0.533. The van der Waals surface area contributed by atoms with Crippen molar-refractivity contribution in [3.63, 3.8) is 0 Å². The maximum atomic E-state index is 11.1. The Bertz CT molecular complexity index is 359. The molecule has 0 saturated heterocycles. The van der Waals surface area contributed by atoms with E-state index in [0.717, 1.165) is 11.3 Å². The van der Waals surface area contributed by atoms with Crippen molar-refractivity contribution in [1.82, 2.24) is 0 Å². The number of aliphatic hydroxyl groups is 1. The monoisotopic (exact) mass is 252 g/mol. The molecule has 1 N–H and O–H groups in total. The Morgan fingerprint density at radius 1 is 1.33 bits per heavy atom. The molecule has 0 bridgehead atoms. The number of hydrogen-bond acceptors (Lipinski definition) is 4. The van der Waals surface area contributed by atoms with Gasteiger partial charge in [-0.25, -0.2) is 0 Å². The zero-order valence-corrected chi connectivity index (χ0v) is 10.9. The summed E-state index contributed by atoms with van der Waals surface area (Å²) >= 11 is 0. The number of aliphatic hydroxyl groups excluding tert-OH is 1. The van der Waals surface area contributed by atoms with Gasteiger partial charge >= 0.3 is 5.97 Å². The molecule has 100 valence electrons. The van der Waals surface area contributed by atoms with Crippen LogP contribution in [0.4, 0.5) is 0 Å². The molecule has 0 radical (unpaired) electrons. The summed E-state index contributed by atoms with van der Waals surface area (Å²) in [5.41, 5.74) is 1.02. The molecular formula is C14H20O4. The molecule has 0 spiro atoms. The van der Waals surface area contributed by atoms with Crippen LogP contribution >= 0.6 is 0 Å². The van der Waals surface area contributed by atoms with Gasteiger partial charge in [-0.15, -0.1) is 0 Å². The number of carbonyl (C=O) groups excluding carboxylic acids is 1. The quantitative estimate of drug-likeness (QED) is 0.753. The molecule has 1 aromatic rings. The lowest BCUT2D eigenvalue weighted by Gasteiger charge is -2.10. The van der Waals surface area contributed by atoms with Crippen molar-refractivity contribution in [1.29, 1.82) is 0 Å². The minimum atomic E-state index is -0.525. The van der Waals surface area contributed by atoms with E-state index < -0.39 is 6.10 Å². The lowest BCUT2D eigenvalue weighted by Crippen LogP contribution is -2.14. The molecule has 1 aromatic carbocycles. The van der Waals surface area contributed by atoms with Crippen LogP contribution in [0.15, 0.2) is 24.3 Å². The van der Waals surface area contributed by atoms with E-state index in [1.807, 2.05) is 24.3 Å². The van der Waals surface area contributed by atoms with Crippen LogP contribution in [0, 0.1) is 0 Å². The second kappa shape index (κ2) is 7.71. The number of ether oxygens (including phenoxy) is 2. The standard InChI is InChI=1S/C14H20O4/c1-3-18-14(16)9-6-12(15)10-11-4-7-13(17-2)8-5-11/h4-5,7-8,12,15H,3,6,9-10H2,1-2H3. The van der Waals surface area contributed by atoms with E-state index in [9.17, 15) is 9.90 Å². The third-order valence-electron chi connectivity index (χ3n) is 2.62. The molecule has 0 aliphatic rings. The predicted octanol–water partition coefficient (Wildman–Crippen LogP) is 1.94. The number of esters is 1. The van der Waals surface area contributed by atoms with Crippen LogP contribution in [0.1, 0.15) is 25.3 Å². The molecule has 4 heteroatoms. The summed E-state index contributed by atoms with van der Waals surface area (Å²) < 4.78 is 9.86. The Morgan fingerprint density at radius 2 is 2.00 bits per heavy atom. The van der Waals surface area contributed by atoms with Crippen LogP contribution in [0.25, 0.3) is 0 Å². The van der Waals surface area contributed by atoms with Gasteiger partial charge in [0.1, 0.15) is 5.75 Å². The first-order valence-electron chi connectivity index (χ1n) is 6.12. The lowest BCUT2D eigenvalue weighted by atomic mass is 10.0. The van der Waals surface area contributed by atoms with Gasteiger partial charge in [-0.05, 0) is 37.5 Å². The van der Waals surface area contributed by atoms with Crippen molar-refractivity contribution >= 4 is 5.97 Å². The maximum Gasteiger partial charge on any atom is 0.305 e. The largest absolute Gasteiger partial charge is 0.497 e. The van der Waals surface area contributed by atoms with E-state index in [1.54, 1.807) is 14.0 Å². The highest BCUT2D eigenvalue weighted by molar-refractivity contribution is 5.69. The summed E-state index contributed by atoms with van der Waals surface area (Å²) in [6, 6.07) is 7.53. The minimum Gasteiger partial charge on any atom is -0.497 e. The maximum absolute atomic E-state index is 11.1. The molecule has 0 amide bonds. The fourth-order valence-corrected chi connectivity index (χ4v) is 1.65. The van der Waals surface area contributed by atoms with Crippen LogP contribution in [-0.4, -0.2) is 30.9 Å². The summed E-state index contributed by atoms with van der Waals surface area (Å²) in [4.78, 5) is 11.1. The third kappa shape index (κ3) is 5.19. The molecule has 0 aliphatic heterocycles. The second-order valence-corrected chi connectivity index (χ2v) is 4.05. The number of rotatable bonds is 7. The van der Waals surface area contributed by atoms with Gasteiger partial charge in [-0.3, -0.25) is 4.79 Å². The normalized spacial score (nSPS) is 11.9. The molecule has 0 saturated carbocycles. The summed E-state index contributed by atoms with van der Waals surface area (Å²) in [7, 11) is 1.61. The highest BCUT2D eigenvalue weighted by atomic mass is 16.5. The van der Waals surface area contributed by atoms with E-state index in [0.29, 0.717) is 19.4 Å². The number of methoxy groups -OCH3 is 1. The van der Waals surface area contributed by atoms with E-state index >= 15 is 0 Å². The summed E-state index contributed by atoms with van der Waals surface area (Å²) in [5, 5.41) is 9.81. The summed E-state index contributed by atoms with van der Waals surface area (Å²) in [6.45, 7) is 2.15. The Morgan fingerprint density at radius 3 is 2.56 bits per heavy atom. The van der Waals surface area contributed by atoms with Gasteiger partial charge in [0, 0.05) is 6.42 Å². The Labute approximate surface area is 108 Å². The third-order valence-corrected chi connectivity index (χ3v) is 2.62. The molecule has 1 rings (SSSR count). The predicted molar refractivity (Wildman–Crippen MR) is 68.6 cm³/mol. The molecule has 1 atom stereocenters. The van der Waals surface area contributed by atoms with Gasteiger partial charge in [-0.1, -0.05) is 12.1 Å². The van der Waals surface area contributed by atoms with Crippen molar-refractivity contribution in [3.05, 3.63) is 29.8 Å². The first-order valence-corrected chi connectivity index (χ1v) is 6.12. The Hall–Kier alpha value is -1.55. The number of benzene rings is 1. The first kappa shape index (κ1) is 14.5. The van der Waals surface area contributed by atoms with E-state index in [1.165, 1.54) is 0 Å². The molecule has 4 nitrogen and oxygen atoms in total. The Balaban J connectivity index is 2.34. The number of hydrogen-bond donors (Lipinski definition) is 1. The fraction of sp³-hybridized carbons (Fsp3) is 0.500. The number of carbonyl (C=O) groups is 1. The highest BCUT2D eigenvalue weighted by Gasteiger charge is 2.09. The SMILES string of the molecule is CCOC(=O)CCC(O)Cc1ccc(OC)cc1. The molecule has 0 aliphatic carbocycles. The minimum absolute atomic E-state index is 0.255. The first-order chi connectivity index (χ1) is 8.65. The average molecular weight is 252 g/mol. The zero-order chi connectivity index (χ0) is 13.4. The molecule has 0 fully saturated rings. The van der Waals surface area contributed by atoms with Crippen LogP contribution < -0.4 is 4.74 Å². The van der Waals surface area contributed by atoms with Crippen molar-refractivity contribution in [3.8, 4) is 5.75 Å². The van der Waals surface area contributed by atoms with Crippen molar-refractivity contribution in [2.24, 2.45) is 0 Å². The van der Waals surface area contributed by atoms with Gasteiger partial charge in [0.05, 0.1) is 19.8 Å². The van der Waals surface area contributed by atoms with Crippen LogP contribution in [0.2, 0.25) is 0 Å². The van der Waals surface area contributed by atoms with Crippen molar-refractivity contribution in [2.45, 2.75) is 32.3 Å². The van der Waals surface area contributed by atoms with Gasteiger partial charge in [-0.2, -0.15) is 0 Å². The zero-order valence-electron chi connectivity index (χ0n) is 10.9.